The summed E-state index contributed by atoms with van der Waals surface area (Å²) in [5, 5.41) is 13.4. The molecule has 0 aromatic carbocycles. The van der Waals surface area contributed by atoms with Crippen molar-refractivity contribution in [3.05, 3.63) is 19.9 Å². The van der Waals surface area contributed by atoms with E-state index in [-0.39, 0.29) is 0 Å². The predicted molar refractivity (Wildman–Crippen MR) is 55.5 cm³/mol. The monoisotopic (exact) mass is 281 g/mol. The fourth-order valence-electron chi connectivity index (χ4n) is 0.904. The van der Waals surface area contributed by atoms with Crippen LogP contribution in [0.15, 0.2) is 11.4 Å². The molecule has 11 heavy (non-hydrogen) atoms. The highest BCUT2D eigenvalue weighted by Gasteiger charge is 2.17. The lowest BCUT2D eigenvalue weighted by Crippen LogP contribution is -2.19. The van der Waals surface area contributed by atoms with Gasteiger partial charge in [-0.15, -0.1) is 11.3 Å². The molecule has 1 heterocycles. The second kappa shape index (κ2) is 3.41. The number of hydrogen-bond donors (Lipinski definition) is 0. The van der Waals surface area contributed by atoms with Crippen LogP contribution in [0.4, 0.5) is 0 Å². The lowest BCUT2D eigenvalue weighted by atomic mass is 10.0. The summed E-state index contributed by atoms with van der Waals surface area (Å²) in [7, 11) is 0. The van der Waals surface area contributed by atoms with Gasteiger partial charge in [0.1, 0.15) is 5.60 Å². The molecule has 0 atom stereocenters. The fourth-order valence-corrected chi connectivity index (χ4v) is 2.36. The zero-order valence-corrected chi connectivity index (χ0v) is 9.53. The zero-order valence-electron chi connectivity index (χ0n) is 6.56. The van der Waals surface area contributed by atoms with Gasteiger partial charge in [0.2, 0.25) is 0 Å². The second-order valence-electron chi connectivity index (χ2n) is 3.16. The van der Waals surface area contributed by atoms with Crippen molar-refractivity contribution in [3.63, 3.8) is 0 Å². The average molecular weight is 281 g/mol. The number of halogens is 1. The van der Waals surface area contributed by atoms with Gasteiger partial charge in [-0.3, -0.25) is 0 Å². The highest BCUT2D eigenvalue weighted by atomic mass is 127. The molecule has 1 aromatic heterocycles. The van der Waals surface area contributed by atoms with Crippen molar-refractivity contribution in [2.75, 3.05) is 0 Å². The third-order valence-electron chi connectivity index (χ3n) is 1.31. The van der Waals surface area contributed by atoms with Crippen LogP contribution in [0.3, 0.4) is 0 Å². The Hall–Kier alpha value is 0.390. The molecule has 1 rings (SSSR count). The van der Waals surface area contributed by atoms with E-state index in [9.17, 15) is 5.11 Å². The Morgan fingerprint density at radius 2 is 2.27 bits per heavy atom. The van der Waals surface area contributed by atoms with Gasteiger partial charge in [-0.1, -0.05) is 0 Å². The molecule has 0 bridgehead atoms. The molecule has 0 N–H and O–H groups in total. The SMILES string of the molecule is CC(C)([O])Cc1ccsc1I. The van der Waals surface area contributed by atoms with Crippen LogP contribution in [0, 0.1) is 2.88 Å². The lowest BCUT2D eigenvalue weighted by molar-refractivity contribution is 0.00473. The molecule has 0 aliphatic rings. The quantitative estimate of drug-likeness (QED) is 0.742. The molecule has 1 aromatic rings. The molecule has 0 spiro atoms. The minimum atomic E-state index is -0.832. The van der Waals surface area contributed by atoms with Crippen molar-refractivity contribution in [3.8, 4) is 0 Å². The molecule has 1 radical (unpaired) electrons. The summed E-state index contributed by atoms with van der Waals surface area (Å²) < 4.78 is 1.24. The van der Waals surface area contributed by atoms with E-state index in [0.29, 0.717) is 6.42 Å². The Balaban J connectivity index is 2.72. The van der Waals surface area contributed by atoms with Gasteiger partial charge in [0.25, 0.3) is 0 Å². The van der Waals surface area contributed by atoms with E-state index in [2.05, 4.69) is 22.6 Å². The summed E-state index contributed by atoms with van der Waals surface area (Å²) in [5.74, 6) is 0. The van der Waals surface area contributed by atoms with Gasteiger partial charge >= 0.3 is 0 Å². The van der Waals surface area contributed by atoms with Crippen molar-refractivity contribution >= 4 is 33.9 Å². The summed E-state index contributed by atoms with van der Waals surface area (Å²) in [6.45, 7) is 3.45. The van der Waals surface area contributed by atoms with Crippen LogP contribution in [0.5, 0.6) is 0 Å². The van der Waals surface area contributed by atoms with E-state index < -0.39 is 5.60 Å². The topological polar surface area (TPSA) is 19.9 Å². The van der Waals surface area contributed by atoms with E-state index in [1.807, 2.05) is 11.4 Å². The molecule has 0 amide bonds. The van der Waals surface area contributed by atoms with Crippen LogP contribution in [0.2, 0.25) is 0 Å². The van der Waals surface area contributed by atoms with Gasteiger partial charge in [-0.05, 0) is 53.4 Å². The fraction of sp³-hybridized carbons (Fsp3) is 0.500. The zero-order chi connectivity index (χ0) is 8.48. The van der Waals surface area contributed by atoms with Crippen molar-refractivity contribution < 1.29 is 5.11 Å². The Bertz CT molecular complexity index is 236. The first-order chi connectivity index (χ1) is 4.99. The van der Waals surface area contributed by atoms with E-state index in [1.165, 1.54) is 8.45 Å². The van der Waals surface area contributed by atoms with Crippen LogP contribution in [0.1, 0.15) is 19.4 Å². The Morgan fingerprint density at radius 3 is 2.64 bits per heavy atom. The lowest BCUT2D eigenvalue weighted by Gasteiger charge is -2.12. The van der Waals surface area contributed by atoms with E-state index in [4.69, 9.17) is 0 Å². The standard InChI is InChI=1S/C8H10IOS/c1-8(2,10)5-6-3-4-11-7(6)9/h3-4H,5H2,1-2H3. The first-order valence-electron chi connectivity index (χ1n) is 3.41. The van der Waals surface area contributed by atoms with Crippen LogP contribution in [-0.2, 0) is 11.5 Å². The predicted octanol–water partition coefficient (Wildman–Crippen LogP) is 3.10. The summed E-state index contributed by atoms with van der Waals surface area (Å²) in [4.78, 5) is 0. The average Bonchev–Trinajstić information content (AvgIpc) is 2.12. The van der Waals surface area contributed by atoms with Gasteiger partial charge in [0.05, 0.1) is 2.88 Å². The maximum absolute atomic E-state index is 11.3. The largest absolute Gasteiger partial charge is 0.230 e. The van der Waals surface area contributed by atoms with Crippen molar-refractivity contribution in [2.45, 2.75) is 25.9 Å². The Kier molecular flexibility index (Phi) is 2.94. The highest BCUT2D eigenvalue weighted by Crippen LogP contribution is 2.23. The molecule has 1 nitrogen and oxygen atoms in total. The van der Waals surface area contributed by atoms with Gasteiger partial charge in [0, 0.05) is 6.42 Å². The van der Waals surface area contributed by atoms with Crippen LogP contribution >= 0.6 is 33.9 Å². The van der Waals surface area contributed by atoms with Crippen LogP contribution in [-0.4, -0.2) is 5.60 Å². The normalized spacial score (nSPS) is 12.0. The summed E-state index contributed by atoms with van der Waals surface area (Å²) in [6.07, 6.45) is 0.634. The van der Waals surface area contributed by atoms with Gasteiger partial charge < -0.3 is 0 Å². The Morgan fingerprint density at radius 1 is 1.64 bits per heavy atom. The Labute approximate surface area is 84.6 Å². The molecule has 3 heteroatoms. The summed E-state index contributed by atoms with van der Waals surface area (Å²) >= 11 is 3.97. The number of thiophene rings is 1. The molecule has 0 saturated heterocycles. The first kappa shape index (κ1) is 9.48. The molecule has 0 unspecified atom stereocenters. The highest BCUT2D eigenvalue weighted by molar-refractivity contribution is 14.1. The third kappa shape index (κ3) is 3.09. The van der Waals surface area contributed by atoms with Gasteiger partial charge in [-0.25, -0.2) is 5.11 Å². The minimum absolute atomic E-state index is 0.634. The number of rotatable bonds is 2. The second-order valence-corrected chi connectivity index (χ2v) is 5.88. The molecule has 61 valence electrons. The molecular formula is C8H10IOS. The van der Waals surface area contributed by atoms with E-state index >= 15 is 0 Å². The maximum atomic E-state index is 11.3. The molecule has 0 saturated carbocycles. The maximum Gasteiger partial charge on any atom is 0.102 e. The van der Waals surface area contributed by atoms with E-state index in [0.717, 1.165) is 0 Å². The van der Waals surface area contributed by atoms with Crippen molar-refractivity contribution in [2.24, 2.45) is 0 Å². The summed E-state index contributed by atoms with van der Waals surface area (Å²) in [6, 6.07) is 2.03. The smallest absolute Gasteiger partial charge is 0.102 e. The molecule has 0 aliphatic heterocycles. The van der Waals surface area contributed by atoms with Crippen LogP contribution < -0.4 is 0 Å². The van der Waals surface area contributed by atoms with Gasteiger partial charge in [0.15, 0.2) is 0 Å². The molecular weight excluding hydrogens is 271 g/mol. The molecule has 0 fully saturated rings. The number of hydrogen-bond acceptors (Lipinski definition) is 1. The molecule has 0 aliphatic carbocycles. The van der Waals surface area contributed by atoms with E-state index in [1.54, 1.807) is 25.2 Å². The summed E-state index contributed by atoms with van der Waals surface area (Å²) in [5.41, 5.74) is 0.358. The minimum Gasteiger partial charge on any atom is -0.230 e. The van der Waals surface area contributed by atoms with Crippen molar-refractivity contribution in [1.29, 1.82) is 0 Å². The van der Waals surface area contributed by atoms with Gasteiger partial charge in [-0.2, -0.15) is 0 Å². The first-order valence-corrected chi connectivity index (χ1v) is 5.37. The van der Waals surface area contributed by atoms with Crippen LogP contribution in [0.25, 0.3) is 0 Å². The third-order valence-corrected chi connectivity index (χ3v) is 3.51. The van der Waals surface area contributed by atoms with Crippen molar-refractivity contribution in [1.82, 2.24) is 0 Å².